The van der Waals surface area contributed by atoms with Crippen molar-refractivity contribution >= 4 is 37.5 Å². The van der Waals surface area contributed by atoms with Crippen LogP contribution in [0.3, 0.4) is 0 Å². The van der Waals surface area contributed by atoms with Crippen molar-refractivity contribution in [1.82, 2.24) is 4.31 Å². The first-order valence-electron chi connectivity index (χ1n) is 7.87. The number of hydrogen-bond donors (Lipinski definition) is 1. The van der Waals surface area contributed by atoms with Crippen LogP contribution in [-0.4, -0.2) is 31.7 Å². The highest BCUT2D eigenvalue weighted by Gasteiger charge is 2.34. The summed E-state index contributed by atoms with van der Waals surface area (Å²) in [7, 11) is -3.98. The van der Waals surface area contributed by atoms with Crippen LogP contribution in [0.1, 0.15) is 12.5 Å². The summed E-state index contributed by atoms with van der Waals surface area (Å²) < 4.78 is 78.4. The predicted molar refractivity (Wildman–Crippen MR) is 98.6 cm³/mol. The van der Waals surface area contributed by atoms with Crippen molar-refractivity contribution in [3.8, 4) is 0 Å². The van der Waals surface area contributed by atoms with Crippen LogP contribution in [0.25, 0.3) is 0 Å². The van der Waals surface area contributed by atoms with E-state index in [-0.39, 0.29) is 17.1 Å². The third kappa shape index (κ3) is 5.30. The molecule has 0 heterocycles. The van der Waals surface area contributed by atoms with E-state index in [2.05, 4.69) is 21.2 Å². The first kappa shape index (κ1) is 22.3. The Kier molecular flexibility index (Phi) is 6.84. The van der Waals surface area contributed by atoms with Crippen LogP contribution in [0.2, 0.25) is 0 Å². The number of halogens is 5. The van der Waals surface area contributed by atoms with Gasteiger partial charge in [-0.2, -0.15) is 17.5 Å². The molecular weight excluding hydrogens is 468 g/mol. The Morgan fingerprint density at radius 1 is 1.14 bits per heavy atom. The molecule has 0 saturated carbocycles. The van der Waals surface area contributed by atoms with Gasteiger partial charge in [-0.3, -0.25) is 4.79 Å². The van der Waals surface area contributed by atoms with E-state index in [1.165, 1.54) is 31.2 Å². The van der Waals surface area contributed by atoms with Gasteiger partial charge in [-0.1, -0.05) is 22.9 Å². The van der Waals surface area contributed by atoms with Crippen molar-refractivity contribution < 1.29 is 30.8 Å². The fraction of sp³-hybridized carbons (Fsp3) is 0.235. The summed E-state index contributed by atoms with van der Waals surface area (Å²) in [4.78, 5) is 12.1. The quantitative estimate of drug-likeness (QED) is 0.625. The first-order chi connectivity index (χ1) is 12.9. The van der Waals surface area contributed by atoms with E-state index in [9.17, 15) is 30.8 Å². The van der Waals surface area contributed by atoms with Gasteiger partial charge >= 0.3 is 6.18 Å². The van der Waals surface area contributed by atoms with Gasteiger partial charge in [0.2, 0.25) is 15.9 Å². The van der Waals surface area contributed by atoms with Gasteiger partial charge in [-0.15, -0.1) is 0 Å². The topological polar surface area (TPSA) is 66.5 Å². The maximum absolute atomic E-state index is 13.3. The Morgan fingerprint density at radius 3 is 2.29 bits per heavy atom. The summed E-state index contributed by atoms with van der Waals surface area (Å²) >= 11 is 3.19. The van der Waals surface area contributed by atoms with E-state index in [1.807, 2.05) is 0 Å². The number of rotatable bonds is 6. The number of hydrogen-bond acceptors (Lipinski definition) is 3. The number of likely N-dealkylation sites (N-methyl/N-ethyl adjacent to an activating group) is 1. The number of benzene rings is 2. The van der Waals surface area contributed by atoms with Gasteiger partial charge in [0.15, 0.2) is 0 Å². The molecule has 0 radical (unpaired) electrons. The Hall–Kier alpha value is -1.98. The molecule has 152 valence electrons. The molecule has 1 N–H and O–H groups in total. The molecule has 28 heavy (non-hydrogen) atoms. The number of anilines is 1. The number of nitrogens with one attached hydrogen (secondary N) is 1. The molecule has 0 bridgehead atoms. The predicted octanol–water partition coefficient (Wildman–Crippen LogP) is 4.26. The highest BCUT2D eigenvalue weighted by Crippen LogP contribution is 2.33. The van der Waals surface area contributed by atoms with Gasteiger partial charge in [0, 0.05) is 16.7 Å². The van der Waals surface area contributed by atoms with Crippen LogP contribution < -0.4 is 5.32 Å². The summed E-state index contributed by atoms with van der Waals surface area (Å²) in [5.74, 6) is -2.33. The minimum Gasteiger partial charge on any atom is -0.325 e. The van der Waals surface area contributed by atoms with Gasteiger partial charge < -0.3 is 5.32 Å². The van der Waals surface area contributed by atoms with Crippen LogP contribution in [-0.2, 0) is 21.0 Å². The number of sulfonamides is 1. The van der Waals surface area contributed by atoms with Gasteiger partial charge in [0.25, 0.3) is 0 Å². The maximum Gasteiger partial charge on any atom is 0.419 e. The molecular formula is C17H15BrF4N2O3S. The smallest absolute Gasteiger partial charge is 0.325 e. The van der Waals surface area contributed by atoms with Crippen molar-refractivity contribution in [2.24, 2.45) is 0 Å². The van der Waals surface area contributed by atoms with E-state index < -0.39 is 40.0 Å². The largest absolute Gasteiger partial charge is 0.419 e. The summed E-state index contributed by atoms with van der Waals surface area (Å²) in [6.45, 7) is 0.861. The number of nitrogens with zero attached hydrogens (tertiary/aromatic N) is 1. The Bertz CT molecular complexity index is 963. The zero-order valence-corrected chi connectivity index (χ0v) is 16.8. The second kappa shape index (κ2) is 8.58. The summed E-state index contributed by atoms with van der Waals surface area (Å²) in [5.41, 5.74) is -1.82. The lowest BCUT2D eigenvalue weighted by molar-refractivity contribution is -0.140. The molecule has 5 nitrogen and oxygen atoms in total. The standard InChI is InChI=1S/C17H15BrF4N2O3S/c1-2-24(28(26,27)13-6-3-11(18)4-7-13)10-16(25)23-12-5-8-15(19)14(9-12)17(20,21)22/h3-9H,2,10H2,1H3,(H,23,25). The first-order valence-corrected chi connectivity index (χ1v) is 10.1. The van der Waals surface area contributed by atoms with Crippen LogP contribution in [0.5, 0.6) is 0 Å². The molecule has 0 spiro atoms. The summed E-state index contributed by atoms with van der Waals surface area (Å²) in [5, 5.41) is 2.16. The molecule has 1 amide bonds. The van der Waals surface area contributed by atoms with Crippen LogP contribution in [0.15, 0.2) is 51.8 Å². The van der Waals surface area contributed by atoms with E-state index in [4.69, 9.17) is 0 Å². The SMILES string of the molecule is CCN(CC(=O)Nc1ccc(F)c(C(F)(F)F)c1)S(=O)(=O)c1ccc(Br)cc1. The van der Waals surface area contributed by atoms with E-state index in [0.29, 0.717) is 16.6 Å². The van der Waals surface area contributed by atoms with Crippen LogP contribution in [0, 0.1) is 5.82 Å². The fourth-order valence-corrected chi connectivity index (χ4v) is 3.97. The van der Waals surface area contributed by atoms with Crippen molar-refractivity contribution in [2.45, 2.75) is 18.0 Å². The third-order valence-corrected chi connectivity index (χ3v) is 6.14. The Morgan fingerprint density at radius 2 is 1.75 bits per heavy atom. The number of carbonyl (C=O) groups is 1. The second-order valence-corrected chi connectivity index (χ2v) is 8.48. The Labute approximate surface area is 167 Å². The van der Waals surface area contributed by atoms with Crippen molar-refractivity contribution in [2.75, 3.05) is 18.4 Å². The molecule has 2 aromatic carbocycles. The van der Waals surface area contributed by atoms with E-state index in [0.717, 1.165) is 10.4 Å². The maximum atomic E-state index is 13.3. The summed E-state index contributed by atoms with van der Waals surface area (Å²) in [6, 6.07) is 7.75. The van der Waals surface area contributed by atoms with Crippen LogP contribution in [0.4, 0.5) is 23.2 Å². The fourth-order valence-electron chi connectivity index (χ4n) is 2.30. The monoisotopic (exact) mass is 482 g/mol. The molecule has 0 fully saturated rings. The normalized spacial score (nSPS) is 12.2. The zero-order valence-electron chi connectivity index (χ0n) is 14.4. The molecule has 0 aliphatic heterocycles. The third-order valence-electron chi connectivity index (χ3n) is 3.68. The number of alkyl halides is 3. The van der Waals surface area contributed by atoms with Crippen molar-refractivity contribution in [3.05, 3.63) is 58.3 Å². The minimum absolute atomic E-state index is 0.0357. The highest BCUT2D eigenvalue weighted by atomic mass is 79.9. The van der Waals surface area contributed by atoms with Crippen LogP contribution >= 0.6 is 15.9 Å². The molecule has 0 aliphatic carbocycles. The number of amides is 1. The lowest BCUT2D eigenvalue weighted by atomic mass is 10.2. The van der Waals surface area contributed by atoms with Crippen molar-refractivity contribution in [3.63, 3.8) is 0 Å². The van der Waals surface area contributed by atoms with E-state index >= 15 is 0 Å². The van der Waals surface area contributed by atoms with Gasteiger partial charge in [-0.05, 0) is 42.5 Å². The molecule has 0 atom stereocenters. The van der Waals surface area contributed by atoms with Gasteiger partial charge in [-0.25, -0.2) is 12.8 Å². The Balaban J connectivity index is 2.18. The van der Waals surface area contributed by atoms with Gasteiger partial charge in [0.05, 0.1) is 17.0 Å². The number of carbonyl (C=O) groups excluding carboxylic acids is 1. The molecule has 2 rings (SSSR count). The lowest BCUT2D eigenvalue weighted by Gasteiger charge is -2.20. The zero-order chi connectivity index (χ0) is 21.1. The summed E-state index contributed by atoms with van der Waals surface area (Å²) in [6.07, 6.45) is -4.93. The minimum atomic E-state index is -4.93. The molecule has 0 aromatic heterocycles. The van der Waals surface area contributed by atoms with Gasteiger partial charge in [0.1, 0.15) is 5.82 Å². The van der Waals surface area contributed by atoms with Crippen molar-refractivity contribution in [1.29, 1.82) is 0 Å². The molecule has 11 heteroatoms. The lowest BCUT2D eigenvalue weighted by Crippen LogP contribution is -2.37. The molecule has 0 unspecified atom stereocenters. The molecule has 2 aromatic rings. The molecule has 0 aliphatic rings. The van der Waals surface area contributed by atoms with E-state index in [1.54, 1.807) is 0 Å². The second-order valence-electron chi connectivity index (χ2n) is 5.63. The highest BCUT2D eigenvalue weighted by molar-refractivity contribution is 9.10. The average molecular weight is 483 g/mol. The average Bonchev–Trinajstić information content (AvgIpc) is 2.60. The molecule has 0 saturated heterocycles.